The SMILES string of the molecule is CCOC(=O)C1CCN(C(=NC)NCCNc2ncccc2C(F)(F)F)CC1. The predicted octanol–water partition coefficient (Wildman–Crippen LogP) is 2.36. The van der Waals surface area contributed by atoms with Crippen LogP contribution in [0.3, 0.4) is 0 Å². The fourth-order valence-electron chi connectivity index (χ4n) is 3.05. The van der Waals surface area contributed by atoms with E-state index in [0.717, 1.165) is 6.07 Å². The molecular formula is C18H26F3N5O2. The van der Waals surface area contributed by atoms with E-state index in [1.54, 1.807) is 14.0 Å². The predicted molar refractivity (Wildman–Crippen MR) is 100 cm³/mol. The molecule has 0 saturated carbocycles. The summed E-state index contributed by atoms with van der Waals surface area (Å²) in [5.74, 6) is 0.203. The van der Waals surface area contributed by atoms with Crippen molar-refractivity contribution in [1.82, 2.24) is 15.2 Å². The smallest absolute Gasteiger partial charge is 0.419 e. The van der Waals surface area contributed by atoms with Crippen molar-refractivity contribution in [3.05, 3.63) is 23.9 Å². The first-order valence-corrected chi connectivity index (χ1v) is 9.25. The number of piperidine rings is 1. The first kappa shape index (κ1) is 21.8. The molecule has 1 saturated heterocycles. The quantitative estimate of drug-likeness (QED) is 0.330. The number of nitrogens with one attached hydrogen (secondary N) is 2. The second-order valence-electron chi connectivity index (χ2n) is 6.31. The lowest BCUT2D eigenvalue weighted by Crippen LogP contribution is -2.47. The molecule has 0 amide bonds. The number of nitrogens with zero attached hydrogens (tertiary/aromatic N) is 3. The van der Waals surface area contributed by atoms with E-state index in [4.69, 9.17) is 4.74 Å². The Hall–Kier alpha value is -2.52. The molecule has 0 unspecified atom stereocenters. The molecule has 2 heterocycles. The lowest BCUT2D eigenvalue weighted by molar-refractivity contribution is -0.149. The Morgan fingerprint density at radius 1 is 1.36 bits per heavy atom. The van der Waals surface area contributed by atoms with Gasteiger partial charge in [-0.25, -0.2) is 4.98 Å². The van der Waals surface area contributed by atoms with Gasteiger partial charge in [0.2, 0.25) is 0 Å². The summed E-state index contributed by atoms with van der Waals surface area (Å²) in [6.45, 7) is 4.11. The Morgan fingerprint density at radius 3 is 2.68 bits per heavy atom. The zero-order valence-corrected chi connectivity index (χ0v) is 16.1. The van der Waals surface area contributed by atoms with Gasteiger partial charge < -0.3 is 20.3 Å². The topological polar surface area (TPSA) is 78.8 Å². The van der Waals surface area contributed by atoms with Gasteiger partial charge in [-0.3, -0.25) is 9.79 Å². The van der Waals surface area contributed by atoms with E-state index in [9.17, 15) is 18.0 Å². The molecule has 10 heteroatoms. The molecule has 28 heavy (non-hydrogen) atoms. The van der Waals surface area contributed by atoms with Crippen LogP contribution in [-0.2, 0) is 15.7 Å². The summed E-state index contributed by atoms with van der Waals surface area (Å²) in [7, 11) is 1.65. The average Bonchev–Trinajstić information content (AvgIpc) is 2.68. The van der Waals surface area contributed by atoms with E-state index < -0.39 is 11.7 Å². The summed E-state index contributed by atoms with van der Waals surface area (Å²) in [4.78, 5) is 21.8. The molecule has 1 fully saturated rings. The van der Waals surface area contributed by atoms with Crippen LogP contribution in [0.25, 0.3) is 0 Å². The molecule has 2 N–H and O–H groups in total. The van der Waals surface area contributed by atoms with Gasteiger partial charge in [0.25, 0.3) is 0 Å². The van der Waals surface area contributed by atoms with Crippen LogP contribution in [0.4, 0.5) is 19.0 Å². The lowest BCUT2D eigenvalue weighted by atomic mass is 9.97. The highest BCUT2D eigenvalue weighted by Gasteiger charge is 2.34. The minimum atomic E-state index is -4.46. The van der Waals surface area contributed by atoms with Gasteiger partial charge in [0.15, 0.2) is 5.96 Å². The van der Waals surface area contributed by atoms with E-state index in [2.05, 4.69) is 20.6 Å². The highest BCUT2D eigenvalue weighted by atomic mass is 19.4. The summed E-state index contributed by atoms with van der Waals surface area (Å²) in [6.07, 6.45) is -1.78. The van der Waals surface area contributed by atoms with E-state index >= 15 is 0 Å². The van der Waals surface area contributed by atoms with Crippen molar-refractivity contribution >= 4 is 17.7 Å². The fourth-order valence-corrected chi connectivity index (χ4v) is 3.05. The molecule has 1 aromatic heterocycles. The van der Waals surface area contributed by atoms with Gasteiger partial charge in [0.1, 0.15) is 5.82 Å². The molecular weight excluding hydrogens is 375 g/mol. The van der Waals surface area contributed by atoms with Crippen molar-refractivity contribution in [3.8, 4) is 0 Å². The number of carbonyl (C=O) groups excluding carboxylic acids is 1. The van der Waals surface area contributed by atoms with Crippen molar-refractivity contribution < 1.29 is 22.7 Å². The summed E-state index contributed by atoms with van der Waals surface area (Å²) in [6, 6.07) is 2.25. The number of alkyl halides is 3. The van der Waals surface area contributed by atoms with Gasteiger partial charge in [-0.2, -0.15) is 13.2 Å². The van der Waals surface area contributed by atoms with E-state index in [-0.39, 0.29) is 24.2 Å². The lowest BCUT2D eigenvalue weighted by Gasteiger charge is -2.33. The molecule has 156 valence electrons. The van der Waals surface area contributed by atoms with Gasteiger partial charge in [-0.15, -0.1) is 0 Å². The highest BCUT2D eigenvalue weighted by Crippen LogP contribution is 2.33. The molecule has 0 bridgehead atoms. The molecule has 1 aromatic rings. The van der Waals surface area contributed by atoms with Gasteiger partial charge >= 0.3 is 12.1 Å². The standard InChI is InChI=1S/C18H26F3N5O2/c1-3-28-16(27)13-6-11-26(12-7-13)17(22-2)25-10-9-24-15-14(18(19,20)21)5-4-8-23-15/h4-5,8,13H,3,6-7,9-12H2,1-2H3,(H,22,25)(H,23,24). The Morgan fingerprint density at radius 2 is 2.07 bits per heavy atom. The fraction of sp³-hybridized carbons (Fsp3) is 0.611. The highest BCUT2D eigenvalue weighted by molar-refractivity contribution is 5.80. The van der Waals surface area contributed by atoms with E-state index in [0.29, 0.717) is 45.0 Å². The van der Waals surface area contributed by atoms with Crippen LogP contribution in [0.1, 0.15) is 25.3 Å². The summed E-state index contributed by atoms with van der Waals surface area (Å²) in [5, 5.41) is 5.83. The van der Waals surface area contributed by atoms with Crippen LogP contribution in [0.2, 0.25) is 0 Å². The van der Waals surface area contributed by atoms with Crippen LogP contribution in [0, 0.1) is 5.92 Å². The molecule has 0 aliphatic carbocycles. The van der Waals surface area contributed by atoms with Crippen LogP contribution in [0.15, 0.2) is 23.3 Å². The zero-order chi connectivity index (χ0) is 20.6. The van der Waals surface area contributed by atoms with Crippen molar-refractivity contribution in [1.29, 1.82) is 0 Å². The molecule has 1 aliphatic heterocycles. The number of anilines is 1. The van der Waals surface area contributed by atoms with Gasteiger partial charge in [-0.1, -0.05) is 0 Å². The monoisotopic (exact) mass is 401 g/mol. The maximum atomic E-state index is 13.0. The van der Waals surface area contributed by atoms with Crippen molar-refractivity contribution in [2.45, 2.75) is 25.9 Å². The third kappa shape index (κ3) is 6.00. The first-order valence-electron chi connectivity index (χ1n) is 9.25. The first-order chi connectivity index (χ1) is 13.4. The maximum Gasteiger partial charge on any atom is 0.419 e. The maximum absolute atomic E-state index is 13.0. The molecule has 0 radical (unpaired) electrons. The van der Waals surface area contributed by atoms with Crippen molar-refractivity contribution in [2.75, 3.05) is 45.2 Å². The van der Waals surface area contributed by atoms with Gasteiger partial charge in [-0.05, 0) is 31.9 Å². The number of aliphatic imine (C=N–C) groups is 1. The second kappa shape index (κ2) is 10.1. The minimum Gasteiger partial charge on any atom is -0.466 e. The van der Waals surface area contributed by atoms with Gasteiger partial charge in [0.05, 0.1) is 18.1 Å². The van der Waals surface area contributed by atoms with Crippen molar-refractivity contribution in [2.24, 2.45) is 10.9 Å². The van der Waals surface area contributed by atoms with E-state index in [1.807, 2.05) is 4.90 Å². The number of guanidine groups is 1. The second-order valence-corrected chi connectivity index (χ2v) is 6.31. The summed E-state index contributed by atoms with van der Waals surface area (Å²) in [5.41, 5.74) is -0.791. The number of carbonyl (C=O) groups is 1. The average molecular weight is 401 g/mol. The largest absolute Gasteiger partial charge is 0.466 e. The Labute approximate surface area is 162 Å². The summed E-state index contributed by atoms with van der Waals surface area (Å²) < 4.78 is 44.0. The minimum absolute atomic E-state index is 0.0964. The Bertz CT molecular complexity index is 673. The molecule has 0 atom stereocenters. The van der Waals surface area contributed by atoms with Gasteiger partial charge in [0, 0.05) is 39.4 Å². The van der Waals surface area contributed by atoms with E-state index in [1.165, 1.54) is 12.3 Å². The third-order valence-corrected chi connectivity index (χ3v) is 4.44. The number of esters is 1. The molecule has 1 aliphatic rings. The van der Waals surface area contributed by atoms with Crippen LogP contribution in [-0.4, -0.2) is 61.6 Å². The number of aromatic nitrogens is 1. The molecule has 7 nitrogen and oxygen atoms in total. The number of hydrogen-bond acceptors (Lipinski definition) is 5. The summed E-state index contributed by atoms with van der Waals surface area (Å²) >= 11 is 0. The van der Waals surface area contributed by atoms with Crippen LogP contribution < -0.4 is 10.6 Å². The number of likely N-dealkylation sites (tertiary alicyclic amines) is 1. The van der Waals surface area contributed by atoms with Crippen LogP contribution >= 0.6 is 0 Å². The number of rotatable bonds is 6. The third-order valence-electron chi connectivity index (χ3n) is 4.44. The molecule has 0 aromatic carbocycles. The van der Waals surface area contributed by atoms with Crippen LogP contribution in [0.5, 0.6) is 0 Å². The molecule has 2 rings (SSSR count). The molecule has 0 spiro atoms. The number of pyridine rings is 1. The Balaban J connectivity index is 1.79. The number of hydrogen-bond donors (Lipinski definition) is 2. The number of halogens is 3. The Kier molecular flexibility index (Phi) is 7.89. The number of ether oxygens (including phenoxy) is 1. The van der Waals surface area contributed by atoms with Crippen molar-refractivity contribution in [3.63, 3.8) is 0 Å². The zero-order valence-electron chi connectivity index (χ0n) is 16.1. The normalized spacial score (nSPS) is 16.0.